The number of hydrogen-bond donors (Lipinski definition) is 3. The molecule has 0 aliphatic carbocycles. The summed E-state index contributed by atoms with van der Waals surface area (Å²) in [5.74, 6) is 0.641. The van der Waals surface area contributed by atoms with Crippen molar-refractivity contribution in [2.24, 2.45) is 0 Å². The van der Waals surface area contributed by atoms with Crippen LogP contribution in [0.2, 0.25) is 0 Å². The van der Waals surface area contributed by atoms with Crippen molar-refractivity contribution in [3.8, 4) is 0 Å². The van der Waals surface area contributed by atoms with Gasteiger partial charge in [0, 0.05) is 61.2 Å². The van der Waals surface area contributed by atoms with E-state index in [-0.39, 0.29) is 5.91 Å². The minimum absolute atomic E-state index is 0.159. The van der Waals surface area contributed by atoms with Crippen LogP contribution in [0.3, 0.4) is 0 Å². The first-order valence-corrected chi connectivity index (χ1v) is 12.9. The number of aromatic nitrogens is 1. The van der Waals surface area contributed by atoms with Gasteiger partial charge in [0.2, 0.25) is 0 Å². The van der Waals surface area contributed by atoms with E-state index in [2.05, 4.69) is 69.8 Å². The van der Waals surface area contributed by atoms with Crippen molar-refractivity contribution in [2.75, 3.05) is 73.9 Å². The molecule has 0 atom stereocenters. The maximum Gasteiger partial charge on any atom is 0.255 e. The van der Waals surface area contributed by atoms with Crippen molar-refractivity contribution in [1.82, 2.24) is 10.3 Å². The van der Waals surface area contributed by atoms with E-state index in [0.717, 1.165) is 61.0 Å². The fourth-order valence-electron chi connectivity index (χ4n) is 4.36. The third-order valence-electron chi connectivity index (χ3n) is 6.68. The molecular weight excluding hydrogens is 464 g/mol. The van der Waals surface area contributed by atoms with Crippen LogP contribution >= 0.6 is 0 Å². The number of rotatable bonds is 10. The minimum Gasteiger partial charge on any atom is -0.378 e. The molecular formula is C29H38N6O2. The van der Waals surface area contributed by atoms with Gasteiger partial charge in [-0.2, -0.15) is 0 Å². The molecule has 2 heterocycles. The lowest BCUT2D eigenvalue weighted by Crippen LogP contribution is -2.36. The molecule has 1 aliphatic rings. The summed E-state index contributed by atoms with van der Waals surface area (Å²) in [6.07, 6.45) is 2.78. The van der Waals surface area contributed by atoms with Crippen LogP contribution in [0.5, 0.6) is 0 Å². The molecule has 1 saturated heterocycles. The molecule has 3 N–H and O–H groups in total. The Morgan fingerprint density at radius 2 is 1.84 bits per heavy atom. The molecule has 8 heteroatoms. The van der Waals surface area contributed by atoms with Crippen LogP contribution in [0.1, 0.15) is 27.9 Å². The second kappa shape index (κ2) is 12.6. The SMILES string of the molecule is CNCCCN(C)c1ccc(Nc2cc(NC(=O)c3ccnc(N4CCOCC4)c3)ccc2C)c(C)c1. The summed E-state index contributed by atoms with van der Waals surface area (Å²) < 4.78 is 5.42. The molecule has 4 rings (SSSR count). The number of ether oxygens (including phenoxy) is 1. The lowest BCUT2D eigenvalue weighted by atomic mass is 10.1. The van der Waals surface area contributed by atoms with Crippen LogP contribution in [-0.4, -0.2) is 64.4 Å². The van der Waals surface area contributed by atoms with E-state index < -0.39 is 0 Å². The van der Waals surface area contributed by atoms with Gasteiger partial charge in [-0.1, -0.05) is 6.07 Å². The Balaban J connectivity index is 1.44. The summed E-state index contributed by atoms with van der Waals surface area (Å²) in [6.45, 7) is 9.08. The normalized spacial score (nSPS) is 13.4. The van der Waals surface area contributed by atoms with E-state index in [1.165, 1.54) is 11.3 Å². The van der Waals surface area contributed by atoms with Crippen molar-refractivity contribution < 1.29 is 9.53 Å². The molecule has 1 amide bonds. The summed E-state index contributed by atoms with van der Waals surface area (Å²) >= 11 is 0. The Hall–Kier alpha value is -3.62. The van der Waals surface area contributed by atoms with Gasteiger partial charge in [0.1, 0.15) is 5.82 Å². The van der Waals surface area contributed by atoms with Crippen molar-refractivity contribution in [3.63, 3.8) is 0 Å². The van der Waals surface area contributed by atoms with E-state index >= 15 is 0 Å². The zero-order valence-corrected chi connectivity index (χ0v) is 22.3. The number of carbonyl (C=O) groups is 1. The van der Waals surface area contributed by atoms with Gasteiger partial charge >= 0.3 is 0 Å². The zero-order valence-electron chi connectivity index (χ0n) is 22.3. The maximum absolute atomic E-state index is 13.0. The predicted molar refractivity (Wildman–Crippen MR) is 153 cm³/mol. The Morgan fingerprint density at radius 3 is 2.59 bits per heavy atom. The number of anilines is 5. The van der Waals surface area contributed by atoms with Crippen LogP contribution in [0.25, 0.3) is 0 Å². The Labute approximate surface area is 220 Å². The number of carbonyl (C=O) groups excluding carboxylic acids is 1. The minimum atomic E-state index is -0.159. The predicted octanol–water partition coefficient (Wildman–Crippen LogP) is 4.58. The molecule has 0 bridgehead atoms. The van der Waals surface area contributed by atoms with E-state index in [1.54, 1.807) is 12.3 Å². The molecule has 2 aromatic carbocycles. The number of aryl methyl sites for hydroxylation is 2. The highest BCUT2D eigenvalue weighted by atomic mass is 16.5. The smallest absolute Gasteiger partial charge is 0.255 e. The van der Waals surface area contributed by atoms with E-state index in [1.807, 2.05) is 31.3 Å². The summed E-state index contributed by atoms with van der Waals surface area (Å²) in [6, 6.07) is 16.0. The molecule has 8 nitrogen and oxygen atoms in total. The van der Waals surface area contributed by atoms with Crippen LogP contribution in [0, 0.1) is 13.8 Å². The number of pyridine rings is 1. The molecule has 0 saturated carbocycles. The Bertz CT molecular complexity index is 1210. The number of morpholine rings is 1. The Morgan fingerprint density at radius 1 is 1.03 bits per heavy atom. The lowest BCUT2D eigenvalue weighted by Gasteiger charge is -2.27. The highest BCUT2D eigenvalue weighted by Crippen LogP contribution is 2.29. The average Bonchev–Trinajstić information content (AvgIpc) is 2.92. The second-order valence-corrected chi connectivity index (χ2v) is 9.49. The standard InChI is InChI=1S/C29H38N6O2/c1-21-6-7-24(32-29(36)23-10-12-31-28(19-23)35-14-16-37-17-15-35)20-27(21)33-26-9-8-25(18-22(26)2)34(4)13-5-11-30-3/h6-10,12,18-20,30,33H,5,11,13-17H2,1-4H3,(H,32,36). The second-order valence-electron chi connectivity index (χ2n) is 9.49. The first-order chi connectivity index (χ1) is 17.9. The summed E-state index contributed by atoms with van der Waals surface area (Å²) in [5.41, 5.74) is 6.79. The number of nitrogens with zero attached hydrogens (tertiary/aromatic N) is 3. The van der Waals surface area contributed by atoms with E-state index in [9.17, 15) is 4.79 Å². The molecule has 0 unspecified atom stereocenters. The molecule has 3 aromatic rings. The van der Waals surface area contributed by atoms with Crippen molar-refractivity contribution in [3.05, 3.63) is 71.4 Å². The van der Waals surface area contributed by atoms with E-state index in [0.29, 0.717) is 18.8 Å². The van der Waals surface area contributed by atoms with Gasteiger partial charge in [-0.05, 0) is 87.5 Å². The van der Waals surface area contributed by atoms with Crippen LogP contribution in [-0.2, 0) is 4.74 Å². The van der Waals surface area contributed by atoms with Crippen LogP contribution in [0.15, 0.2) is 54.7 Å². The molecule has 37 heavy (non-hydrogen) atoms. The van der Waals surface area contributed by atoms with Crippen molar-refractivity contribution in [2.45, 2.75) is 20.3 Å². The maximum atomic E-state index is 13.0. The van der Waals surface area contributed by atoms with Crippen molar-refractivity contribution in [1.29, 1.82) is 0 Å². The fourth-order valence-corrected chi connectivity index (χ4v) is 4.36. The molecule has 0 radical (unpaired) electrons. The molecule has 1 aromatic heterocycles. The van der Waals surface area contributed by atoms with Crippen molar-refractivity contribution >= 4 is 34.5 Å². The highest BCUT2D eigenvalue weighted by molar-refractivity contribution is 6.05. The number of nitrogens with one attached hydrogen (secondary N) is 3. The van der Waals surface area contributed by atoms with Crippen LogP contribution in [0.4, 0.5) is 28.6 Å². The topological polar surface area (TPSA) is 81.8 Å². The zero-order chi connectivity index (χ0) is 26.2. The van der Waals surface area contributed by atoms with Gasteiger partial charge in [-0.15, -0.1) is 0 Å². The highest BCUT2D eigenvalue weighted by Gasteiger charge is 2.15. The van der Waals surface area contributed by atoms with Gasteiger partial charge in [-0.25, -0.2) is 4.98 Å². The third-order valence-corrected chi connectivity index (χ3v) is 6.68. The number of amides is 1. The fraction of sp³-hybridized carbons (Fsp3) is 0.379. The monoisotopic (exact) mass is 502 g/mol. The first-order valence-electron chi connectivity index (χ1n) is 12.9. The number of hydrogen-bond acceptors (Lipinski definition) is 7. The van der Waals surface area contributed by atoms with Gasteiger partial charge in [0.05, 0.1) is 13.2 Å². The lowest BCUT2D eigenvalue weighted by molar-refractivity contribution is 0.102. The largest absolute Gasteiger partial charge is 0.378 e. The van der Waals surface area contributed by atoms with E-state index in [4.69, 9.17) is 4.74 Å². The average molecular weight is 503 g/mol. The summed E-state index contributed by atoms with van der Waals surface area (Å²) in [7, 11) is 4.11. The molecule has 1 fully saturated rings. The molecule has 1 aliphatic heterocycles. The van der Waals surface area contributed by atoms with Gasteiger partial charge < -0.3 is 30.5 Å². The molecule has 196 valence electrons. The summed E-state index contributed by atoms with van der Waals surface area (Å²) in [4.78, 5) is 21.9. The third kappa shape index (κ3) is 6.99. The first kappa shape index (κ1) is 26.4. The van der Waals surface area contributed by atoms with Gasteiger partial charge in [0.25, 0.3) is 5.91 Å². The quantitative estimate of drug-likeness (QED) is 0.350. The number of benzene rings is 2. The van der Waals surface area contributed by atoms with Gasteiger partial charge in [0.15, 0.2) is 0 Å². The Kier molecular flexibility index (Phi) is 8.98. The molecule has 0 spiro atoms. The van der Waals surface area contributed by atoms with Gasteiger partial charge in [-0.3, -0.25) is 4.79 Å². The van der Waals surface area contributed by atoms with Crippen LogP contribution < -0.4 is 25.8 Å². The summed E-state index contributed by atoms with van der Waals surface area (Å²) in [5, 5.41) is 9.80.